The van der Waals surface area contributed by atoms with E-state index in [0.29, 0.717) is 5.75 Å². The predicted octanol–water partition coefficient (Wildman–Crippen LogP) is 4.23. The Balaban J connectivity index is 2.19. The predicted molar refractivity (Wildman–Crippen MR) is 85.1 cm³/mol. The van der Waals surface area contributed by atoms with Gasteiger partial charge in [-0.05, 0) is 30.9 Å². The third-order valence-corrected chi connectivity index (χ3v) is 5.87. The highest BCUT2D eigenvalue weighted by Crippen LogP contribution is 2.61. The van der Waals surface area contributed by atoms with Gasteiger partial charge in [0.05, 0.1) is 13.2 Å². The zero-order chi connectivity index (χ0) is 14.5. The molecule has 1 saturated heterocycles. The Morgan fingerprint density at radius 3 is 2.80 bits per heavy atom. The number of benzene rings is 1. The van der Waals surface area contributed by atoms with Crippen molar-refractivity contribution in [1.29, 1.82) is 0 Å². The molecule has 2 atom stereocenters. The Hall–Kier alpha value is -0.360. The van der Waals surface area contributed by atoms with Gasteiger partial charge in [0.2, 0.25) is 0 Å². The lowest BCUT2D eigenvalue weighted by molar-refractivity contribution is -0.105. The maximum Gasteiger partial charge on any atom is 0.165 e. The summed E-state index contributed by atoms with van der Waals surface area (Å²) in [6, 6.07) is 3.40. The van der Waals surface area contributed by atoms with Crippen LogP contribution in [0.5, 0.6) is 5.75 Å². The summed E-state index contributed by atoms with van der Waals surface area (Å²) >= 11 is 2.37. The molecule has 0 aromatic heterocycles. The van der Waals surface area contributed by atoms with Crippen LogP contribution in [0.2, 0.25) is 0 Å². The van der Waals surface area contributed by atoms with E-state index in [1.807, 2.05) is 6.07 Å². The molecule has 1 fully saturated rings. The van der Waals surface area contributed by atoms with E-state index in [4.69, 9.17) is 9.47 Å². The molecule has 4 heteroatoms. The molecular weight excluding hydrogens is 370 g/mol. The molecule has 2 unspecified atom stereocenters. The molecule has 0 N–H and O–H groups in total. The number of rotatable bonds is 2. The number of ether oxygens (including phenoxy) is 2. The Bertz CT molecular complexity index is 544. The van der Waals surface area contributed by atoms with Crippen molar-refractivity contribution in [2.24, 2.45) is 5.41 Å². The highest BCUT2D eigenvalue weighted by Gasteiger charge is 2.58. The van der Waals surface area contributed by atoms with Crippen LogP contribution in [0.3, 0.4) is 0 Å². The van der Waals surface area contributed by atoms with Gasteiger partial charge in [0.25, 0.3) is 0 Å². The van der Waals surface area contributed by atoms with Crippen molar-refractivity contribution < 1.29 is 13.9 Å². The van der Waals surface area contributed by atoms with E-state index < -0.39 is 5.60 Å². The second-order valence-corrected chi connectivity index (χ2v) is 7.32. The van der Waals surface area contributed by atoms with Crippen LogP contribution in [-0.2, 0) is 16.8 Å². The Morgan fingerprint density at radius 2 is 2.20 bits per heavy atom. The number of hydrogen-bond donors (Lipinski definition) is 0. The Kier molecular flexibility index (Phi) is 3.52. The van der Waals surface area contributed by atoms with Crippen molar-refractivity contribution in [2.75, 3.05) is 11.5 Å². The van der Waals surface area contributed by atoms with Crippen molar-refractivity contribution in [2.45, 2.75) is 44.8 Å². The normalized spacial score (nSPS) is 30.8. The molecule has 1 heterocycles. The molecule has 1 aromatic carbocycles. The third-order valence-electron chi connectivity index (χ3n) is 4.89. The summed E-state index contributed by atoms with van der Waals surface area (Å²) in [7, 11) is 1.54. The molecule has 1 aliphatic carbocycles. The van der Waals surface area contributed by atoms with Gasteiger partial charge in [-0.15, -0.1) is 0 Å². The van der Waals surface area contributed by atoms with Crippen molar-refractivity contribution in [3.8, 4) is 5.75 Å². The first-order valence-corrected chi connectivity index (χ1v) is 8.57. The van der Waals surface area contributed by atoms with Crippen LogP contribution in [0.25, 0.3) is 0 Å². The van der Waals surface area contributed by atoms with Gasteiger partial charge in [-0.3, -0.25) is 0 Å². The van der Waals surface area contributed by atoms with E-state index in [0.717, 1.165) is 29.3 Å². The summed E-state index contributed by atoms with van der Waals surface area (Å²) in [6.07, 6.45) is 3.15. The van der Waals surface area contributed by atoms with Crippen LogP contribution in [0.4, 0.5) is 4.39 Å². The average Bonchev–Trinajstić information content (AvgIpc) is 2.93. The van der Waals surface area contributed by atoms with Crippen LogP contribution in [0.1, 0.15) is 37.8 Å². The monoisotopic (exact) mass is 390 g/mol. The fourth-order valence-corrected chi connectivity index (χ4v) is 4.52. The van der Waals surface area contributed by atoms with E-state index >= 15 is 0 Å². The second-order valence-electron chi connectivity index (χ2n) is 6.44. The molecule has 1 aliphatic heterocycles. The largest absolute Gasteiger partial charge is 0.493 e. The molecule has 20 heavy (non-hydrogen) atoms. The van der Waals surface area contributed by atoms with Crippen molar-refractivity contribution in [3.63, 3.8) is 0 Å². The van der Waals surface area contributed by atoms with E-state index in [-0.39, 0.29) is 17.3 Å². The minimum Gasteiger partial charge on any atom is -0.493 e. The van der Waals surface area contributed by atoms with Gasteiger partial charge in [-0.2, -0.15) is 0 Å². The minimum absolute atomic E-state index is 0.0308. The molecule has 0 saturated carbocycles. The van der Waals surface area contributed by atoms with Crippen LogP contribution >= 0.6 is 22.6 Å². The maximum absolute atomic E-state index is 14.1. The zero-order valence-corrected chi connectivity index (χ0v) is 14.3. The van der Waals surface area contributed by atoms with Crippen LogP contribution in [0, 0.1) is 11.2 Å². The lowest BCUT2D eigenvalue weighted by atomic mass is 9.73. The Morgan fingerprint density at radius 1 is 1.45 bits per heavy atom. The van der Waals surface area contributed by atoms with Crippen LogP contribution in [-0.4, -0.2) is 17.6 Å². The first-order valence-electron chi connectivity index (χ1n) is 7.05. The maximum atomic E-state index is 14.1. The summed E-state index contributed by atoms with van der Waals surface area (Å²) in [5, 5.41) is 0. The number of fused-ring (bicyclic) bond motifs is 2. The van der Waals surface area contributed by atoms with Gasteiger partial charge < -0.3 is 9.47 Å². The fourth-order valence-electron chi connectivity index (χ4n) is 3.90. The standard InChI is InChI=1S/C16H20FIO2/c1-15(2)8-10-4-5-12(17)14(19-3)13(10)16(15)7-6-11(9-18)20-16/h4-5,11H,6-9H2,1-3H3. The molecule has 1 aromatic rings. The third kappa shape index (κ3) is 1.83. The highest BCUT2D eigenvalue weighted by atomic mass is 127. The molecule has 0 bridgehead atoms. The van der Waals surface area contributed by atoms with Gasteiger partial charge >= 0.3 is 0 Å². The van der Waals surface area contributed by atoms with Gasteiger partial charge in [-0.1, -0.05) is 42.5 Å². The van der Waals surface area contributed by atoms with Crippen molar-refractivity contribution in [3.05, 3.63) is 29.1 Å². The van der Waals surface area contributed by atoms with E-state index in [9.17, 15) is 4.39 Å². The number of alkyl halides is 1. The zero-order valence-electron chi connectivity index (χ0n) is 12.1. The molecule has 0 amide bonds. The summed E-state index contributed by atoms with van der Waals surface area (Å²) < 4.78 is 26.9. The topological polar surface area (TPSA) is 18.5 Å². The van der Waals surface area contributed by atoms with Crippen molar-refractivity contribution >= 4 is 22.6 Å². The first-order chi connectivity index (χ1) is 9.45. The second kappa shape index (κ2) is 4.83. The summed E-state index contributed by atoms with van der Waals surface area (Å²) in [5.41, 5.74) is 1.70. The first kappa shape index (κ1) is 14.6. The minimum atomic E-state index is -0.397. The quantitative estimate of drug-likeness (QED) is 0.556. The molecule has 2 nitrogen and oxygen atoms in total. The smallest absolute Gasteiger partial charge is 0.165 e. The molecule has 110 valence electrons. The molecule has 1 spiro atoms. The van der Waals surface area contributed by atoms with Crippen LogP contribution in [0.15, 0.2) is 12.1 Å². The number of methoxy groups -OCH3 is 1. The van der Waals surface area contributed by atoms with Gasteiger partial charge in [0, 0.05) is 15.4 Å². The van der Waals surface area contributed by atoms with Crippen LogP contribution < -0.4 is 4.74 Å². The molecular formula is C16H20FIO2. The van der Waals surface area contributed by atoms with E-state index in [2.05, 4.69) is 36.4 Å². The fraction of sp³-hybridized carbons (Fsp3) is 0.625. The van der Waals surface area contributed by atoms with Gasteiger partial charge in [0.1, 0.15) is 5.60 Å². The summed E-state index contributed by atoms with van der Waals surface area (Å²) in [6.45, 7) is 4.44. The lowest BCUT2D eigenvalue weighted by Crippen LogP contribution is -2.39. The van der Waals surface area contributed by atoms with Crippen molar-refractivity contribution in [1.82, 2.24) is 0 Å². The van der Waals surface area contributed by atoms with E-state index in [1.54, 1.807) is 7.11 Å². The van der Waals surface area contributed by atoms with Gasteiger partial charge in [-0.25, -0.2) is 4.39 Å². The molecule has 2 aliphatic rings. The van der Waals surface area contributed by atoms with E-state index in [1.165, 1.54) is 11.6 Å². The number of hydrogen-bond acceptors (Lipinski definition) is 2. The highest BCUT2D eigenvalue weighted by molar-refractivity contribution is 14.1. The molecule has 0 radical (unpaired) electrons. The number of halogens is 2. The Labute approximate surface area is 133 Å². The summed E-state index contributed by atoms with van der Waals surface area (Å²) in [5.74, 6) is 0.0898. The SMILES string of the molecule is COc1c(F)ccc2c1C1(CCC(CI)O1)C(C)(C)C2. The van der Waals surface area contributed by atoms with Gasteiger partial charge in [0.15, 0.2) is 11.6 Å². The molecule has 3 rings (SSSR count). The average molecular weight is 390 g/mol. The lowest BCUT2D eigenvalue weighted by Gasteiger charge is -2.39. The summed E-state index contributed by atoms with van der Waals surface area (Å²) in [4.78, 5) is 0.